The summed E-state index contributed by atoms with van der Waals surface area (Å²) in [6.07, 6.45) is 0. The van der Waals surface area contributed by atoms with Crippen LogP contribution >= 0.6 is 0 Å². The highest BCUT2D eigenvalue weighted by Crippen LogP contribution is 2.19. The molecule has 0 fully saturated rings. The number of anilines is 2. The summed E-state index contributed by atoms with van der Waals surface area (Å²) in [5, 5.41) is 5.39. The fourth-order valence-corrected chi connectivity index (χ4v) is 1.33. The maximum atomic E-state index is 11.4. The number of aryl methyl sites for hydroxylation is 1. The van der Waals surface area contributed by atoms with Gasteiger partial charge in [0.05, 0.1) is 6.04 Å². The lowest BCUT2D eigenvalue weighted by molar-refractivity contribution is -0.117. The molecule has 0 saturated heterocycles. The quantitative estimate of drug-likeness (QED) is 0.737. The zero-order chi connectivity index (χ0) is 13.0. The van der Waals surface area contributed by atoms with Crippen molar-refractivity contribution in [3.63, 3.8) is 0 Å². The molecule has 5 heteroatoms. The summed E-state index contributed by atoms with van der Waals surface area (Å²) in [6, 6.07) is 4.70. The van der Waals surface area contributed by atoms with E-state index >= 15 is 0 Å². The minimum absolute atomic E-state index is 0.125. The summed E-state index contributed by atoms with van der Waals surface area (Å²) in [5.74, 6) is -0.364. The average Bonchev–Trinajstić information content (AvgIpc) is 2.21. The summed E-state index contributed by atoms with van der Waals surface area (Å²) in [5.41, 5.74) is 7.72. The molecular weight excluding hydrogens is 218 g/mol. The molecule has 1 rings (SSSR count). The number of nitrogens with two attached hydrogens (primary N) is 1. The maximum Gasteiger partial charge on any atom is 0.240 e. The van der Waals surface area contributed by atoms with Gasteiger partial charge in [0.25, 0.3) is 0 Å². The molecule has 0 spiro atoms. The lowest BCUT2D eigenvalue weighted by Crippen LogP contribution is -2.32. The van der Waals surface area contributed by atoms with Crippen LogP contribution in [0.5, 0.6) is 0 Å². The molecule has 1 atom stereocenters. The molecule has 17 heavy (non-hydrogen) atoms. The van der Waals surface area contributed by atoms with Crippen molar-refractivity contribution < 1.29 is 9.59 Å². The second-order valence-corrected chi connectivity index (χ2v) is 3.99. The fourth-order valence-electron chi connectivity index (χ4n) is 1.33. The molecule has 0 aliphatic rings. The van der Waals surface area contributed by atoms with E-state index in [1.807, 2.05) is 6.92 Å². The summed E-state index contributed by atoms with van der Waals surface area (Å²) in [6.45, 7) is 4.92. The molecule has 1 aromatic rings. The highest BCUT2D eigenvalue weighted by atomic mass is 16.2. The Morgan fingerprint density at radius 2 is 1.94 bits per heavy atom. The van der Waals surface area contributed by atoms with Gasteiger partial charge in [0, 0.05) is 18.3 Å². The summed E-state index contributed by atoms with van der Waals surface area (Å²) in [7, 11) is 0. The molecule has 0 aliphatic carbocycles. The SMILES string of the molecule is CC(=O)Nc1ccc(NC(=O)[C@@H](C)N)cc1C. The number of nitrogens with one attached hydrogen (secondary N) is 2. The normalized spacial score (nSPS) is 11.8. The van der Waals surface area contributed by atoms with Gasteiger partial charge in [-0.25, -0.2) is 0 Å². The first-order chi connectivity index (χ1) is 7.90. The van der Waals surface area contributed by atoms with Gasteiger partial charge in [-0.1, -0.05) is 0 Å². The number of amides is 2. The zero-order valence-corrected chi connectivity index (χ0v) is 10.2. The van der Waals surface area contributed by atoms with Crippen LogP contribution in [0.25, 0.3) is 0 Å². The van der Waals surface area contributed by atoms with E-state index < -0.39 is 6.04 Å². The topological polar surface area (TPSA) is 84.2 Å². The molecule has 5 nitrogen and oxygen atoms in total. The van der Waals surface area contributed by atoms with Crippen molar-refractivity contribution in [2.45, 2.75) is 26.8 Å². The number of hydrogen-bond acceptors (Lipinski definition) is 3. The molecule has 92 valence electrons. The molecular formula is C12H17N3O2. The number of hydrogen-bond donors (Lipinski definition) is 3. The van der Waals surface area contributed by atoms with E-state index in [9.17, 15) is 9.59 Å². The summed E-state index contributed by atoms with van der Waals surface area (Å²) in [4.78, 5) is 22.3. The molecule has 0 radical (unpaired) electrons. The van der Waals surface area contributed by atoms with Crippen LogP contribution in [0.4, 0.5) is 11.4 Å². The minimum Gasteiger partial charge on any atom is -0.326 e. The third-order valence-electron chi connectivity index (χ3n) is 2.22. The second kappa shape index (κ2) is 5.45. The number of carbonyl (C=O) groups is 2. The smallest absolute Gasteiger partial charge is 0.240 e. The molecule has 0 aromatic heterocycles. The molecule has 0 saturated carbocycles. The van der Waals surface area contributed by atoms with Crippen molar-refractivity contribution in [2.75, 3.05) is 10.6 Å². The van der Waals surface area contributed by atoms with Gasteiger partial charge in [-0.3, -0.25) is 9.59 Å². The van der Waals surface area contributed by atoms with Crippen LogP contribution < -0.4 is 16.4 Å². The van der Waals surface area contributed by atoms with Gasteiger partial charge in [-0.15, -0.1) is 0 Å². The molecule has 2 amide bonds. The van der Waals surface area contributed by atoms with Crippen molar-refractivity contribution in [3.05, 3.63) is 23.8 Å². The van der Waals surface area contributed by atoms with Crippen molar-refractivity contribution in [1.82, 2.24) is 0 Å². The Balaban J connectivity index is 2.82. The molecule has 4 N–H and O–H groups in total. The Bertz CT molecular complexity index is 441. The largest absolute Gasteiger partial charge is 0.326 e. The summed E-state index contributed by atoms with van der Waals surface area (Å²) >= 11 is 0. The van der Waals surface area contributed by atoms with E-state index in [-0.39, 0.29) is 11.8 Å². The first-order valence-corrected chi connectivity index (χ1v) is 5.35. The van der Waals surface area contributed by atoms with Crippen molar-refractivity contribution in [1.29, 1.82) is 0 Å². The summed E-state index contributed by atoms with van der Waals surface area (Å²) < 4.78 is 0. The van der Waals surface area contributed by atoms with E-state index in [0.29, 0.717) is 5.69 Å². The van der Waals surface area contributed by atoms with Crippen LogP contribution in [-0.2, 0) is 9.59 Å². The van der Waals surface area contributed by atoms with Gasteiger partial charge in [-0.2, -0.15) is 0 Å². The number of benzene rings is 1. The van der Waals surface area contributed by atoms with Crippen LogP contribution in [0.2, 0.25) is 0 Å². The number of carbonyl (C=O) groups excluding carboxylic acids is 2. The van der Waals surface area contributed by atoms with Crippen molar-refractivity contribution in [2.24, 2.45) is 5.73 Å². The van der Waals surface area contributed by atoms with Crippen LogP contribution in [0.1, 0.15) is 19.4 Å². The lowest BCUT2D eigenvalue weighted by Gasteiger charge is -2.11. The van der Waals surface area contributed by atoms with Gasteiger partial charge in [0.1, 0.15) is 0 Å². The lowest BCUT2D eigenvalue weighted by atomic mass is 10.1. The van der Waals surface area contributed by atoms with Crippen LogP contribution in [0.15, 0.2) is 18.2 Å². The third-order valence-corrected chi connectivity index (χ3v) is 2.22. The maximum absolute atomic E-state index is 11.4. The van der Waals surface area contributed by atoms with E-state index in [1.165, 1.54) is 6.92 Å². The van der Waals surface area contributed by atoms with Gasteiger partial charge in [0.15, 0.2) is 0 Å². The van der Waals surface area contributed by atoms with Crippen LogP contribution in [0.3, 0.4) is 0 Å². The highest BCUT2D eigenvalue weighted by molar-refractivity contribution is 5.95. The Morgan fingerprint density at radius 3 is 2.41 bits per heavy atom. The molecule has 1 aromatic carbocycles. The Kier molecular flexibility index (Phi) is 4.23. The molecule has 0 unspecified atom stereocenters. The van der Waals surface area contributed by atoms with Gasteiger partial charge in [0.2, 0.25) is 11.8 Å². The standard InChI is InChI=1S/C12H17N3O2/c1-7-6-10(15-12(17)8(2)13)4-5-11(7)14-9(3)16/h4-6,8H,13H2,1-3H3,(H,14,16)(H,15,17)/t8-/m1/s1. The van der Waals surface area contributed by atoms with Crippen molar-refractivity contribution in [3.8, 4) is 0 Å². The van der Waals surface area contributed by atoms with Gasteiger partial charge >= 0.3 is 0 Å². The molecule has 0 heterocycles. The predicted molar refractivity (Wildman–Crippen MR) is 67.8 cm³/mol. The Hall–Kier alpha value is -1.88. The zero-order valence-electron chi connectivity index (χ0n) is 10.2. The fraction of sp³-hybridized carbons (Fsp3) is 0.333. The van der Waals surface area contributed by atoms with Crippen LogP contribution in [-0.4, -0.2) is 17.9 Å². The van der Waals surface area contributed by atoms with Gasteiger partial charge in [-0.05, 0) is 37.6 Å². The first-order valence-electron chi connectivity index (χ1n) is 5.35. The van der Waals surface area contributed by atoms with E-state index in [2.05, 4.69) is 10.6 Å². The highest BCUT2D eigenvalue weighted by Gasteiger charge is 2.08. The van der Waals surface area contributed by atoms with E-state index in [0.717, 1.165) is 11.3 Å². The van der Waals surface area contributed by atoms with Crippen LogP contribution in [0, 0.1) is 6.92 Å². The van der Waals surface area contributed by atoms with Crippen molar-refractivity contribution >= 4 is 23.2 Å². The minimum atomic E-state index is -0.551. The second-order valence-electron chi connectivity index (χ2n) is 3.99. The van der Waals surface area contributed by atoms with Gasteiger partial charge < -0.3 is 16.4 Å². The molecule has 0 aliphatic heterocycles. The van der Waals surface area contributed by atoms with E-state index in [1.54, 1.807) is 25.1 Å². The monoisotopic (exact) mass is 235 g/mol. The average molecular weight is 235 g/mol. The van der Waals surface area contributed by atoms with E-state index in [4.69, 9.17) is 5.73 Å². The Morgan fingerprint density at radius 1 is 1.29 bits per heavy atom. The Labute approximate surface area is 100 Å². The first kappa shape index (κ1) is 13.2. The number of rotatable bonds is 3. The molecule has 0 bridgehead atoms. The predicted octanol–water partition coefficient (Wildman–Crippen LogP) is 1.24. The third kappa shape index (κ3) is 3.88.